The van der Waals surface area contributed by atoms with Gasteiger partial charge in [-0.25, -0.2) is 15.0 Å². The molecule has 5 heteroatoms. The van der Waals surface area contributed by atoms with Crippen LogP contribution in [0.1, 0.15) is 0 Å². The van der Waals surface area contributed by atoms with Crippen molar-refractivity contribution in [3.63, 3.8) is 0 Å². The van der Waals surface area contributed by atoms with Gasteiger partial charge in [-0.15, -0.1) is 0 Å². The monoisotopic (exact) mass is 420 g/mol. The van der Waals surface area contributed by atoms with Crippen LogP contribution in [-0.4, -0.2) is 19.9 Å². The Morgan fingerprint density at radius 2 is 1.06 bits per heavy atom. The number of rotatable bonds is 4. The zero-order valence-electron chi connectivity index (χ0n) is 16.5. The van der Waals surface area contributed by atoms with Crippen molar-refractivity contribution in [2.75, 3.05) is 0 Å². The molecule has 0 fully saturated rings. The van der Waals surface area contributed by atoms with Crippen molar-refractivity contribution in [3.05, 3.63) is 108 Å². The van der Waals surface area contributed by atoms with Crippen LogP contribution in [0.15, 0.2) is 103 Å². The Kier molecular flexibility index (Phi) is 5.21. The summed E-state index contributed by atoms with van der Waals surface area (Å²) in [5.41, 5.74) is 4.56. The van der Waals surface area contributed by atoms with E-state index in [0.29, 0.717) is 22.5 Å². The Hall–Kier alpha value is -3.89. The van der Waals surface area contributed by atoms with Crippen LogP contribution in [0.2, 0.25) is 5.02 Å². The lowest BCUT2D eigenvalue weighted by atomic mass is 10.0. The second kappa shape index (κ2) is 8.46. The summed E-state index contributed by atoms with van der Waals surface area (Å²) >= 11 is 6.49. The molecule has 0 radical (unpaired) electrons. The van der Waals surface area contributed by atoms with Crippen LogP contribution in [0, 0.1) is 0 Å². The van der Waals surface area contributed by atoms with Gasteiger partial charge in [0.25, 0.3) is 0 Å². The van der Waals surface area contributed by atoms with Crippen molar-refractivity contribution in [1.29, 1.82) is 0 Å². The highest BCUT2D eigenvalue weighted by atomic mass is 35.5. The van der Waals surface area contributed by atoms with E-state index < -0.39 is 0 Å². The Balaban J connectivity index is 1.69. The summed E-state index contributed by atoms with van der Waals surface area (Å²) in [5.74, 6) is 1.85. The molecule has 5 aromatic rings. The van der Waals surface area contributed by atoms with Crippen LogP contribution >= 0.6 is 11.6 Å². The van der Waals surface area contributed by atoms with Gasteiger partial charge >= 0.3 is 0 Å². The van der Waals surface area contributed by atoms with E-state index in [4.69, 9.17) is 26.6 Å². The van der Waals surface area contributed by atoms with Gasteiger partial charge in [-0.3, -0.25) is 4.98 Å². The van der Waals surface area contributed by atoms with Gasteiger partial charge in [0.15, 0.2) is 17.5 Å². The van der Waals surface area contributed by atoms with E-state index in [9.17, 15) is 0 Å². The van der Waals surface area contributed by atoms with Gasteiger partial charge < -0.3 is 0 Å². The molecule has 0 amide bonds. The van der Waals surface area contributed by atoms with Crippen LogP contribution in [0.5, 0.6) is 0 Å². The first-order valence-electron chi connectivity index (χ1n) is 9.85. The molecule has 2 aromatic heterocycles. The van der Waals surface area contributed by atoms with Crippen LogP contribution in [0.4, 0.5) is 0 Å². The zero-order valence-corrected chi connectivity index (χ0v) is 17.2. The van der Waals surface area contributed by atoms with Crippen molar-refractivity contribution in [2.24, 2.45) is 0 Å². The van der Waals surface area contributed by atoms with E-state index >= 15 is 0 Å². The smallest absolute Gasteiger partial charge is 0.164 e. The summed E-state index contributed by atoms with van der Waals surface area (Å²) < 4.78 is 0. The van der Waals surface area contributed by atoms with E-state index in [0.717, 1.165) is 27.8 Å². The van der Waals surface area contributed by atoms with Crippen LogP contribution in [0.25, 0.3) is 45.3 Å². The Labute approximate surface area is 185 Å². The number of hydrogen-bond acceptors (Lipinski definition) is 4. The van der Waals surface area contributed by atoms with Crippen molar-refractivity contribution in [1.82, 2.24) is 19.9 Å². The third-order valence-corrected chi connectivity index (χ3v) is 5.23. The molecule has 0 N–H and O–H groups in total. The topological polar surface area (TPSA) is 51.6 Å². The normalized spacial score (nSPS) is 10.7. The van der Waals surface area contributed by atoms with Crippen LogP contribution in [-0.2, 0) is 0 Å². The van der Waals surface area contributed by atoms with E-state index in [2.05, 4.69) is 4.98 Å². The molecule has 0 aliphatic carbocycles. The Morgan fingerprint density at radius 3 is 1.61 bits per heavy atom. The number of benzene rings is 3. The molecule has 0 aliphatic rings. The third-order valence-electron chi connectivity index (χ3n) is 4.90. The van der Waals surface area contributed by atoms with Gasteiger partial charge in [-0.1, -0.05) is 78.3 Å². The molecule has 0 bridgehead atoms. The highest BCUT2D eigenvalue weighted by Crippen LogP contribution is 2.32. The highest BCUT2D eigenvalue weighted by Gasteiger charge is 2.14. The number of nitrogens with zero attached hydrogens (tertiary/aromatic N) is 4. The fourth-order valence-corrected chi connectivity index (χ4v) is 3.57. The number of hydrogen-bond donors (Lipinski definition) is 0. The average molecular weight is 421 g/mol. The Morgan fingerprint density at radius 1 is 0.516 bits per heavy atom. The number of halogens is 1. The molecule has 0 aliphatic heterocycles. The van der Waals surface area contributed by atoms with Gasteiger partial charge in [-0.2, -0.15) is 0 Å². The van der Waals surface area contributed by atoms with E-state index in [1.54, 1.807) is 12.4 Å². The number of aromatic nitrogens is 4. The van der Waals surface area contributed by atoms with Crippen molar-refractivity contribution in [3.8, 4) is 45.3 Å². The summed E-state index contributed by atoms with van der Waals surface area (Å²) in [6.07, 6.45) is 3.54. The lowest BCUT2D eigenvalue weighted by molar-refractivity contribution is 1.07. The second-order valence-corrected chi connectivity index (χ2v) is 7.38. The van der Waals surface area contributed by atoms with Gasteiger partial charge in [0.2, 0.25) is 0 Å². The average Bonchev–Trinajstić information content (AvgIpc) is 2.86. The SMILES string of the molecule is Clc1ccc(-c2nc(-c3ccccc3)nc(-c3ccccc3)n2)cc1-c1cccnc1. The standard InChI is InChI=1S/C26H17ClN4/c27-23-14-13-20(16-22(23)21-12-7-15-28-17-21)26-30-24(18-8-3-1-4-9-18)29-25(31-26)19-10-5-2-6-11-19/h1-17H. The van der Waals surface area contributed by atoms with Gasteiger partial charge in [-0.05, 0) is 24.3 Å². The van der Waals surface area contributed by atoms with E-state index in [-0.39, 0.29) is 0 Å². The fraction of sp³-hybridized carbons (Fsp3) is 0. The minimum Gasteiger partial charge on any atom is -0.264 e. The molecule has 0 atom stereocenters. The molecule has 31 heavy (non-hydrogen) atoms. The molecule has 3 aromatic carbocycles. The summed E-state index contributed by atoms with van der Waals surface area (Å²) in [4.78, 5) is 18.5. The molecule has 0 saturated heterocycles. The van der Waals surface area contributed by atoms with Gasteiger partial charge in [0.1, 0.15) is 0 Å². The maximum absolute atomic E-state index is 6.49. The summed E-state index contributed by atoms with van der Waals surface area (Å²) in [6.45, 7) is 0. The molecule has 148 valence electrons. The van der Waals surface area contributed by atoms with Crippen molar-refractivity contribution in [2.45, 2.75) is 0 Å². The van der Waals surface area contributed by atoms with Crippen molar-refractivity contribution >= 4 is 11.6 Å². The van der Waals surface area contributed by atoms with Gasteiger partial charge in [0.05, 0.1) is 0 Å². The predicted molar refractivity (Wildman–Crippen MR) is 124 cm³/mol. The zero-order chi connectivity index (χ0) is 21.0. The first-order valence-corrected chi connectivity index (χ1v) is 10.2. The van der Waals surface area contributed by atoms with Crippen molar-refractivity contribution < 1.29 is 0 Å². The molecule has 0 saturated carbocycles. The summed E-state index contributed by atoms with van der Waals surface area (Å²) in [6, 6.07) is 29.5. The quantitative estimate of drug-likeness (QED) is 0.329. The molecular formula is C26H17ClN4. The lowest BCUT2D eigenvalue weighted by Crippen LogP contribution is -2.00. The largest absolute Gasteiger partial charge is 0.264 e. The molecule has 2 heterocycles. The van der Waals surface area contributed by atoms with Crippen LogP contribution in [0.3, 0.4) is 0 Å². The lowest BCUT2D eigenvalue weighted by Gasteiger charge is -2.10. The Bertz CT molecular complexity index is 1270. The second-order valence-electron chi connectivity index (χ2n) is 6.97. The highest BCUT2D eigenvalue weighted by molar-refractivity contribution is 6.33. The summed E-state index contributed by atoms with van der Waals surface area (Å²) in [7, 11) is 0. The first-order chi connectivity index (χ1) is 15.3. The minimum atomic E-state index is 0.592. The number of pyridine rings is 1. The summed E-state index contributed by atoms with van der Waals surface area (Å²) in [5, 5.41) is 0.650. The van der Waals surface area contributed by atoms with E-state index in [1.807, 2.05) is 91.0 Å². The molecule has 0 spiro atoms. The molecule has 0 unspecified atom stereocenters. The maximum atomic E-state index is 6.49. The third kappa shape index (κ3) is 4.06. The molecular weight excluding hydrogens is 404 g/mol. The fourth-order valence-electron chi connectivity index (χ4n) is 3.35. The molecule has 5 rings (SSSR count). The molecule has 4 nitrogen and oxygen atoms in total. The van der Waals surface area contributed by atoms with Crippen LogP contribution < -0.4 is 0 Å². The van der Waals surface area contributed by atoms with Gasteiger partial charge in [0, 0.05) is 45.2 Å². The maximum Gasteiger partial charge on any atom is 0.164 e. The predicted octanol–water partition coefficient (Wildman–Crippen LogP) is 6.59. The first kappa shape index (κ1) is 19.1. The van der Waals surface area contributed by atoms with E-state index in [1.165, 1.54) is 0 Å². The minimum absolute atomic E-state index is 0.592.